The van der Waals surface area contributed by atoms with Gasteiger partial charge in [0.15, 0.2) is 0 Å². The predicted octanol–water partition coefficient (Wildman–Crippen LogP) is 3.81. The van der Waals surface area contributed by atoms with Gasteiger partial charge in [0.1, 0.15) is 12.3 Å². The van der Waals surface area contributed by atoms with Crippen molar-refractivity contribution in [3.8, 4) is 11.1 Å². The second-order valence-corrected chi connectivity index (χ2v) is 8.33. The Bertz CT molecular complexity index is 812. The van der Waals surface area contributed by atoms with Gasteiger partial charge in [-0.2, -0.15) is 0 Å². The van der Waals surface area contributed by atoms with Crippen molar-refractivity contribution in [2.45, 2.75) is 24.4 Å². The summed E-state index contributed by atoms with van der Waals surface area (Å²) in [6.07, 6.45) is 0.560. The van der Waals surface area contributed by atoms with Gasteiger partial charge in [0.05, 0.1) is 5.88 Å². The molecule has 154 valence electrons. The molecule has 2 aromatic rings. The summed E-state index contributed by atoms with van der Waals surface area (Å²) in [5, 5.41) is 6.22. The van der Waals surface area contributed by atoms with Gasteiger partial charge < -0.3 is 15.4 Å². The monoisotopic (exact) mass is 415 g/mol. The van der Waals surface area contributed by atoms with Crippen LogP contribution in [0, 0.1) is 0 Å². The SMILES string of the molecule is O=C(NSCNCC1(F)CCNCC1)OCC1c2ccccc2-c2ccccc21. The third-order valence-electron chi connectivity index (χ3n) is 5.61. The van der Waals surface area contributed by atoms with E-state index in [9.17, 15) is 9.18 Å². The Labute approximate surface area is 174 Å². The molecule has 0 aromatic heterocycles. The molecule has 29 heavy (non-hydrogen) atoms. The minimum atomic E-state index is -1.16. The minimum absolute atomic E-state index is 0.0441. The van der Waals surface area contributed by atoms with E-state index < -0.39 is 11.8 Å². The Morgan fingerprint density at radius 3 is 2.38 bits per heavy atom. The highest BCUT2D eigenvalue weighted by atomic mass is 32.2. The lowest BCUT2D eigenvalue weighted by Gasteiger charge is -2.30. The highest BCUT2D eigenvalue weighted by Crippen LogP contribution is 2.44. The number of nitrogens with one attached hydrogen (secondary N) is 3. The van der Waals surface area contributed by atoms with E-state index in [2.05, 4.69) is 39.6 Å². The summed E-state index contributed by atoms with van der Waals surface area (Å²) in [4.78, 5) is 12.1. The van der Waals surface area contributed by atoms with Crippen LogP contribution < -0.4 is 15.4 Å². The fraction of sp³-hybridized carbons (Fsp3) is 0.409. The van der Waals surface area contributed by atoms with Gasteiger partial charge in [-0.1, -0.05) is 48.5 Å². The highest BCUT2D eigenvalue weighted by molar-refractivity contribution is 7.97. The van der Waals surface area contributed by atoms with Crippen LogP contribution in [0.2, 0.25) is 0 Å². The third kappa shape index (κ3) is 4.74. The smallest absolute Gasteiger partial charge is 0.417 e. The molecule has 3 N–H and O–H groups in total. The van der Waals surface area contributed by atoms with Crippen LogP contribution >= 0.6 is 11.9 Å². The standard InChI is InChI=1S/C22H26FN3O2S/c23-22(9-11-24-12-10-22)14-25-15-29-26-21(27)28-13-20-18-7-3-1-5-16(18)17-6-2-4-8-19(17)20/h1-8,20,24-25H,9-15H2,(H,26,27). The molecule has 1 aliphatic heterocycles. The fourth-order valence-corrected chi connectivity index (χ4v) is 4.55. The quantitative estimate of drug-likeness (QED) is 0.365. The number of halogens is 1. The Balaban J connectivity index is 1.22. The molecule has 1 aliphatic carbocycles. The summed E-state index contributed by atoms with van der Waals surface area (Å²) in [5.74, 6) is 0.478. The van der Waals surface area contributed by atoms with Crippen LogP contribution in [0.25, 0.3) is 11.1 Å². The highest BCUT2D eigenvalue weighted by Gasteiger charge is 2.31. The Morgan fingerprint density at radius 2 is 1.72 bits per heavy atom. The molecule has 1 fully saturated rings. The molecule has 0 unspecified atom stereocenters. The van der Waals surface area contributed by atoms with Crippen molar-refractivity contribution in [2.75, 3.05) is 32.1 Å². The lowest BCUT2D eigenvalue weighted by Crippen LogP contribution is -2.45. The molecular formula is C22H26FN3O2S. The number of piperidine rings is 1. The third-order valence-corrected chi connectivity index (χ3v) is 6.27. The van der Waals surface area contributed by atoms with Gasteiger partial charge in [-0.25, -0.2) is 9.18 Å². The maximum Gasteiger partial charge on any atom is 0.417 e. The number of amides is 1. The van der Waals surface area contributed by atoms with E-state index in [1.54, 1.807) is 0 Å². The second-order valence-electron chi connectivity index (χ2n) is 7.54. The lowest BCUT2D eigenvalue weighted by atomic mass is 9.95. The summed E-state index contributed by atoms with van der Waals surface area (Å²) < 4.78 is 22.6. The lowest BCUT2D eigenvalue weighted by molar-refractivity contribution is 0.116. The summed E-state index contributed by atoms with van der Waals surface area (Å²) in [7, 11) is 0. The number of alkyl halides is 1. The van der Waals surface area contributed by atoms with E-state index >= 15 is 0 Å². The number of ether oxygens (including phenoxy) is 1. The molecule has 0 atom stereocenters. The zero-order valence-electron chi connectivity index (χ0n) is 16.2. The average molecular weight is 416 g/mol. The molecule has 1 saturated heterocycles. The Morgan fingerprint density at radius 1 is 1.10 bits per heavy atom. The molecule has 7 heteroatoms. The fourth-order valence-electron chi connectivity index (χ4n) is 4.10. The summed E-state index contributed by atoms with van der Waals surface area (Å²) in [6, 6.07) is 16.5. The molecule has 1 amide bonds. The van der Waals surface area contributed by atoms with E-state index in [-0.39, 0.29) is 12.5 Å². The van der Waals surface area contributed by atoms with Crippen LogP contribution in [0.15, 0.2) is 48.5 Å². The van der Waals surface area contributed by atoms with Gasteiger partial charge in [0.2, 0.25) is 0 Å². The maximum atomic E-state index is 14.5. The van der Waals surface area contributed by atoms with Crippen molar-refractivity contribution in [3.05, 3.63) is 59.7 Å². The molecule has 1 heterocycles. The van der Waals surface area contributed by atoms with E-state index in [1.165, 1.54) is 34.2 Å². The summed E-state index contributed by atoms with van der Waals surface area (Å²) in [5.41, 5.74) is 3.62. The first-order valence-electron chi connectivity index (χ1n) is 9.99. The van der Waals surface area contributed by atoms with Crippen molar-refractivity contribution in [3.63, 3.8) is 0 Å². The summed E-state index contributed by atoms with van der Waals surface area (Å²) in [6.45, 7) is 2.01. The second kappa shape index (κ2) is 9.15. The summed E-state index contributed by atoms with van der Waals surface area (Å²) >= 11 is 1.18. The zero-order valence-corrected chi connectivity index (χ0v) is 17.1. The minimum Gasteiger partial charge on any atom is -0.448 e. The average Bonchev–Trinajstić information content (AvgIpc) is 3.06. The molecular weight excluding hydrogens is 389 g/mol. The number of hydrogen-bond acceptors (Lipinski definition) is 5. The number of carbonyl (C=O) groups is 1. The number of benzene rings is 2. The Kier molecular flexibility index (Phi) is 6.37. The van der Waals surface area contributed by atoms with Crippen LogP contribution in [0.3, 0.4) is 0 Å². The van der Waals surface area contributed by atoms with Crippen molar-refractivity contribution in [2.24, 2.45) is 0 Å². The Hall–Kier alpha value is -2.09. The van der Waals surface area contributed by atoms with Crippen molar-refractivity contribution in [1.29, 1.82) is 0 Å². The van der Waals surface area contributed by atoms with E-state index in [4.69, 9.17) is 4.74 Å². The normalized spacial score (nSPS) is 17.4. The topological polar surface area (TPSA) is 62.4 Å². The van der Waals surface area contributed by atoms with Crippen LogP contribution in [-0.4, -0.2) is 43.9 Å². The molecule has 4 rings (SSSR count). The molecule has 0 bridgehead atoms. The van der Waals surface area contributed by atoms with Gasteiger partial charge in [-0.05, 0) is 60.1 Å². The van der Waals surface area contributed by atoms with Crippen LogP contribution in [0.4, 0.5) is 9.18 Å². The van der Waals surface area contributed by atoms with Crippen LogP contribution in [0.5, 0.6) is 0 Å². The first kappa shape index (κ1) is 20.2. The predicted molar refractivity (Wildman–Crippen MR) is 115 cm³/mol. The van der Waals surface area contributed by atoms with Crippen molar-refractivity contribution >= 4 is 18.0 Å². The number of rotatable bonds is 7. The first-order chi connectivity index (χ1) is 14.2. The molecule has 5 nitrogen and oxygen atoms in total. The number of hydrogen-bond donors (Lipinski definition) is 3. The van der Waals surface area contributed by atoms with Gasteiger partial charge >= 0.3 is 6.09 Å². The molecule has 0 radical (unpaired) electrons. The van der Waals surface area contributed by atoms with E-state index in [1.807, 2.05) is 24.3 Å². The van der Waals surface area contributed by atoms with Crippen LogP contribution in [-0.2, 0) is 4.74 Å². The molecule has 0 spiro atoms. The first-order valence-corrected chi connectivity index (χ1v) is 11.0. The maximum absolute atomic E-state index is 14.5. The van der Waals surface area contributed by atoms with Gasteiger partial charge in [-0.3, -0.25) is 4.72 Å². The number of carbonyl (C=O) groups excluding carboxylic acids is 1. The number of fused-ring (bicyclic) bond motifs is 3. The molecule has 2 aliphatic rings. The van der Waals surface area contributed by atoms with Gasteiger partial charge in [-0.15, -0.1) is 0 Å². The van der Waals surface area contributed by atoms with Crippen molar-refractivity contribution < 1.29 is 13.9 Å². The van der Waals surface area contributed by atoms with E-state index in [0.717, 1.165) is 0 Å². The molecule has 0 saturated carbocycles. The molecule has 2 aromatic carbocycles. The van der Waals surface area contributed by atoms with Crippen molar-refractivity contribution in [1.82, 2.24) is 15.4 Å². The van der Waals surface area contributed by atoms with Crippen LogP contribution in [0.1, 0.15) is 29.9 Å². The van der Waals surface area contributed by atoms with Gasteiger partial charge in [0, 0.05) is 12.5 Å². The van der Waals surface area contributed by atoms with E-state index in [0.29, 0.717) is 38.4 Å². The largest absolute Gasteiger partial charge is 0.448 e. The van der Waals surface area contributed by atoms with Gasteiger partial charge in [0.25, 0.3) is 0 Å². The zero-order chi connectivity index (χ0) is 20.1.